The molecule has 25 heavy (non-hydrogen) atoms. The van der Waals surface area contributed by atoms with E-state index in [2.05, 4.69) is 26.0 Å². The van der Waals surface area contributed by atoms with Crippen molar-refractivity contribution < 1.29 is 19.1 Å². The van der Waals surface area contributed by atoms with Gasteiger partial charge in [-0.2, -0.15) is 0 Å². The molecule has 0 aliphatic rings. The van der Waals surface area contributed by atoms with E-state index in [4.69, 9.17) is 4.74 Å². The van der Waals surface area contributed by atoms with E-state index in [1.54, 1.807) is 30.3 Å². The number of ether oxygens (including phenoxy) is 2. The quantitative estimate of drug-likeness (QED) is 0.745. The number of amides is 1. The smallest absolute Gasteiger partial charge is 0.343 e. The Labute approximate surface area is 154 Å². The number of halogens is 1. The SMILES string of the molecule is COC(=O)COc1ccc(NC(=O)c2cc(Br)cc(N(C)C)c2)cc1. The second-order valence-corrected chi connectivity index (χ2v) is 6.35. The molecule has 0 saturated heterocycles. The van der Waals surface area contributed by atoms with Gasteiger partial charge in [0.15, 0.2) is 6.61 Å². The second kappa shape index (κ2) is 8.53. The van der Waals surface area contributed by atoms with Crippen molar-refractivity contribution in [2.24, 2.45) is 0 Å². The van der Waals surface area contributed by atoms with E-state index in [1.807, 2.05) is 31.1 Å². The Bertz CT molecular complexity index is 760. The van der Waals surface area contributed by atoms with E-state index in [0.29, 0.717) is 17.0 Å². The lowest BCUT2D eigenvalue weighted by molar-refractivity contribution is -0.142. The first kappa shape index (κ1) is 18.8. The summed E-state index contributed by atoms with van der Waals surface area (Å²) in [4.78, 5) is 25.4. The largest absolute Gasteiger partial charge is 0.482 e. The molecule has 2 aromatic carbocycles. The maximum atomic E-state index is 12.4. The van der Waals surface area contributed by atoms with Crippen molar-refractivity contribution in [2.75, 3.05) is 38.0 Å². The van der Waals surface area contributed by atoms with Gasteiger partial charge in [-0.1, -0.05) is 15.9 Å². The first-order valence-electron chi connectivity index (χ1n) is 7.48. The number of methoxy groups -OCH3 is 1. The Balaban J connectivity index is 2.04. The van der Waals surface area contributed by atoms with Gasteiger partial charge in [0.1, 0.15) is 5.75 Å². The van der Waals surface area contributed by atoms with Crippen LogP contribution in [0, 0.1) is 0 Å². The monoisotopic (exact) mass is 406 g/mol. The number of benzene rings is 2. The van der Waals surface area contributed by atoms with Crippen molar-refractivity contribution in [3.8, 4) is 5.75 Å². The van der Waals surface area contributed by atoms with E-state index in [0.717, 1.165) is 10.2 Å². The average Bonchev–Trinajstić information content (AvgIpc) is 2.60. The highest BCUT2D eigenvalue weighted by Crippen LogP contribution is 2.23. The fourth-order valence-electron chi connectivity index (χ4n) is 2.00. The van der Waals surface area contributed by atoms with Gasteiger partial charge in [0, 0.05) is 35.5 Å². The van der Waals surface area contributed by atoms with Gasteiger partial charge >= 0.3 is 5.97 Å². The first-order valence-corrected chi connectivity index (χ1v) is 8.27. The standard InChI is InChI=1S/C18H19BrN2O4/c1-21(2)15-9-12(8-13(19)10-15)18(23)20-14-4-6-16(7-5-14)25-11-17(22)24-3/h4-10H,11H2,1-3H3,(H,20,23). The van der Waals surface area contributed by atoms with Gasteiger partial charge in [-0.25, -0.2) is 4.79 Å². The minimum Gasteiger partial charge on any atom is -0.482 e. The molecule has 0 unspecified atom stereocenters. The van der Waals surface area contributed by atoms with Crippen molar-refractivity contribution in [3.63, 3.8) is 0 Å². The molecule has 0 atom stereocenters. The normalized spacial score (nSPS) is 10.1. The van der Waals surface area contributed by atoms with E-state index in [1.165, 1.54) is 7.11 Å². The second-order valence-electron chi connectivity index (χ2n) is 5.44. The first-order chi connectivity index (χ1) is 11.9. The summed E-state index contributed by atoms with van der Waals surface area (Å²) in [7, 11) is 5.13. The van der Waals surface area contributed by atoms with Gasteiger partial charge < -0.3 is 19.7 Å². The fourth-order valence-corrected chi connectivity index (χ4v) is 2.48. The molecule has 1 N–H and O–H groups in total. The van der Waals surface area contributed by atoms with Gasteiger partial charge in [-0.3, -0.25) is 4.79 Å². The van der Waals surface area contributed by atoms with Crippen LogP contribution in [-0.2, 0) is 9.53 Å². The van der Waals surface area contributed by atoms with Gasteiger partial charge in [0.2, 0.25) is 0 Å². The van der Waals surface area contributed by atoms with Crippen LogP contribution in [0.1, 0.15) is 10.4 Å². The number of esters is 1. The molecule has 0 aliphatic heterocycles. The van der Waals surface area contributed by atoms with E-state index in [-0.39, 0.29) is 12.5 Å². The molecule has 0 aliphatic carbocycles. The number of anilines is 2. The summed E-state index contributed by atoms with van der Waals surface area (Å²) < 4.78 is 10.6. The van der Waals surface area contributed by atoms with Crippen LogP contribution >= 0.6 is 15.9 Å². The molecular formula is C18H19BrN2O4. The van der Waals surface area contributed by atoms with Crippen molar-refractivity contribution >= 4 is 39.2 Å². The Hall–Kier alpha value is -2.54. The molecule has 0 fully saturated rings. The number of nitrogens with zero attached hydrogens (tertiary/aromatic N) is 1. The van der Waals surface area contributed by atoms with Crippen molar-refractivity contribution in [1.82, 2.24) is 0 Å². The molecule has 2 rings (SSSR count). The Kier molecular flexibility index (Phi) is 6.41. The van der Waals surface area contributed by atoms with Gasteiger partial charge in [0.05, 0.1) is 7.11 Å². The van der Waals surface area contributed by atoms with Crippen LogP contribution < -0.4 is 15.0 Å². The summed E-state index contributed by atoms with van der Waals surface area (Å²) in [5, 5.41) is 2.83. The molecule has 0 saturated carbocycles. The summed E-state index contributed by atoms with van der Waals surface area (Å²) >= 11 is 3.42. The molecule has 0 bridgehead atoms. The molecule has 7 heteroatoms. The lowest BCUT2D eigenvalue weighted by Gasteiger charge is -2.14. The average molecular weight is 407 g/mol. The molecule has 0 radical (unpaired) electrons. The predicted octanol–water partition coefficient (Wildman–Crippen LogP) is 3.32. The highest BCUT2D eigenvalue weighted by atomic mass is 79.9. The van der Waals surface area contributed by atoms with Crippen molar-refractivity contribution in [3.05, 3.63) is 52.5 Å². The number of hydrogen-bond donors (Lipinski definition) is 1. The molecule has 0 aromatic heterocycles. The third kappa shape index (κ3) is 5.49. The summed E-state index contributed by atoms with van der Waals surface area (Å²) in [6.45, 7) is -0.159. The summed E-state index contributed by atoms with van der Waals surface area (Å²) in [5.41, 5.74) is 2.09. The van der Waals surface area contributed by atoms with Gasteiger partial charge in [-0.15, -0.1) is 0 Å². The third-order valence-corrected chi connectivity index (χ3v) is 3.82. The van der Waals surface area contributed by atoms with E-state index in [9.17, 15) is 9.59 Å². The summed E-state index contributed by atoms with van der Waals surface area (Å²) in [6.07, 6.45) is 0. The lowest BCUT2D eigenvalue weighted by atomic mass is 10.1. The minimum absolute atomic E-state index is 0.159. The topological polar surface area (TPSA) is 67.9 Å². The fraction of sp³-hybridized carbons (Fsp3) is 0.222. The minimum atomic E-state index is -0.455. The molecule has 0 heterocycles. The highest BCUT2D eigenvalue weighted by Gasteiger charge is 2.10. The van der Waals surface area contributed by atoms with Crippen LogP contribution in [0.3, 0.4) is 0 Å². The molecule has 0 spiro atoms. The molecule has 1 amide bonds. The van der Waals surface area contributed by atoms with Gasteiger partial charge in [-0.05, 0) is 42.5 Å². The maximum absolute atomic E-state index is 12.4. The maximum Gasteiger partial charge on any atom is 0.343 e. The molecular weight excluding hydrogens is 388 g/mol. The van der Waals surface area contributed by atoms with Crippen LogP contribution in [0.15, 0.2) is 46.9 Å². The lowest BCUT2D eigenvalue weighted by Crippen LogP contribution is -2.14. The third-order valence-electron chi connectivity index (χ3n) is 3.36. The zero-order chi connectivity index (χ0) is 18.4. The zero-order valence-corrected chi connectivity index (χ0v) is 15.8. The number of carbonyl (C=O) groups is 2. The number of carbonyl (C=O) groups excluding carboxylic acids is 2. The zero-order valence-electron chi connectivity index (χ0n) is 14.2. The van der Waals surface area contributed by atoms with Crippen LogP contribution in [0.2, 0.25) is 0 Å². The van der Waals surface area contributed by atoms with Crippen molar-refractivity contribution in [1.29, 1.82) is 0 Å². The van der Waals surface area contributed by atoms with Crippen LogP contribution in [0.5, 0.6) is 5.75 Å². The van der Waals surface area contributed by atoms with Crippen LogP contribution in [-0.4, -0.2) is 39.7 Å². The molecule has 2 aromatic rings. The number of nitrogens with one attached hydrogen (secondary N) is 1. The van der Waals surface area contributed by atoms with Crippen LogP contribution in [0.4, 0.5) is 11.4 Å². The van der Waals surface area contributed by atoms with Crippen LogP contribution in [0.25, 0.3) is 0 Å². The van der Waals surface area contributed by atoms with Crippen molar-refractivity contribution in [2.45, 2.75) is 0 Å². The molecule has 6 nitrogen and oxygen atoms in total. The number of hydrogen-bond acceptors (Lipinski definition) is 5. The summed E-state index contributed by atoms with van der Waals surface area (Å²) in [5.74, 6) is -0.155. The Morgan fingerprint density at radius 1 is 1.12 bits per heavy atom. The van der Waals surface area contributed by atoms with E-state index < -0.39 is 5.97 Å². The Morgan fingerprint density at radius 3 is 2.40 bits per heavy atom. The van der Waals surface area contributed by atoms with Gasteiger partial charge in [0.25, 0.3) is 5.91 Å². The highest BCUT2D eigenvalue weighted by molar-refractivity contribution is 9.10. The Morgan fingerprint density at radius 2 is 1.80 bits per heavy atom. The number of rotatable bonds is 6. The molecule has 132 valence electrons. The van der Waals surface area contributed by atoms with E-state index >= 15 is 0 Å². The summed E-state index contributed by atoms with van der Waals surface area (Å²) in [6, 6.07) is 12.3. The predicted molar refractivity (Wildman–Crippen MR) is 100 cm³/mol.